The predicted octanol–water partition coefficient (Wildman–Crippen LogP) is 4.38. The van der Waals surface area contributed by atoms with Gasteiger partial charge in [-0.3, -0.25) is 14.5 Å². The summed E-state index contributed by atoms with van der Waals surface area (Å²) in [6, 6.07) is 13.9. The van der Waals surface area contributed by atoms with Gasteiger partial charge in [-0.25, -0.2) is 4.79 Å². The monoisotopic (exact) mass is 632 g/mol. The minimum Gasteiger partial charge on any atom is -0.493 e. The number of amides is 1. The molecule has 1 atom stereocenters. The fourth-order valence-electron chi connectivity index (χ4n) is 5.16. The number of ketones is 1. The largest absolute Gasteiger partial charge is 0.493 e. The van der Waals surface area contributed by atoms with Crippen molar-refractivity contribution in [2.24, 2.45) is 5.73 Å². The number of Topliss-reactive ketones (excluding diaryl/α,β-unsaturated/α-hetero) is 1. The van der Waals surface area contributed by atoms with Gasteiger partial charge in [0.1, 0.15) is 5.82 Å². The number of nitrogens with one attached hydrogen (secondary N) is 1. The third-order valence-electron chi connectivity index (χ3n) is 7.16. The number of esters is 1. The molecule has 12 nitrogen and oxygen atoms in total. The van der Waals surface area contributed by atoms with Gasteiger partial charge in [-0.15, -0.1) is 10.2 Å². The van der Waals surface area contributed by atoms with Crippen LogP contribution in [0.5, 0.6) is 11.5 Å². The van der Waals surface area contributed by atoms with Crippen LogP contribution in [0.2, 0.25) is 0 Å². The zero-order chi connectivity index (χ0) is 31.4. The summed E-state index contributed by atoms with van der Waals surface area (Å²) < 4.78 is 15.8. The molecule has 44 heavy (non-hydrogen) atoms. The Bertz CT molecular complexity index is 1730. The van der Waals surface area contributed by atoms with Gasteiger partial charge in [-0.05, 0) is 42.7 Å². The lowest BCUT2D eigenvalue weighted by Crippen LogP contribution is -2.38. The first kappa shape index (κ1) is 30.6. The number of rotatable bonds is 9. The molecule has 0 radical (unpaired) electrons. The summed E-state index contributed by atoms with van der Waals surface area (Å²) in [6.45, 7) is 0. The van der Waals surface area contributed by atoms with Gasteiger partial charge in [0.05, 0.1) is 50.2 Å². The highest BCUT2D eigenvalue weighted by molar-refractivity contribution is 8.01. The maximum Gasteiger partial charge on any atom is 0.337 e. The summed E-state index contributed by atoms with van der Waals surface area (Å²) in [4.78, 5) is 39.6. The number of carbonyl (C=O) groups excluding carboxylic acids is 3. The molecule has 1 unspecified atom stereocenters. The molecule has 0 spiro atoms. The fourth-order valence-corrected chi connectivity index (χ4v) is 6.84. The molecule has 14 heteroatoms. The number of nitrogens with zero attached hydrogens (tertiary/aromatic N) is 4. The number of hydrogen-bond acceptors (Lipinski definition) is 13. The number of hydrogen-bond donors (Lipinski definition) is 2. The molecule has 0 bridgehead atoms. The molecule has 0 saturated heterocycles. The lowest BCUT2D eigenvalue weighted by molar-refractivity contribution is -0.116. The van der Waals surface area contributed by atoms with Gasteiger partial charge in [-0.2, -0.15) is 5.26 Å². The predicted molar refractivity (Wildman–Crippen MR) is 165 cm³/mol. The Hall–Kier alpha value is -4.87. The highest BCUT2D eigenvalue weighted by atomic mass is 32.2. The van der Waals surface area contributed by atoms with Crippen LogP contribution in [-0.2, 0) is 14.3 Å². The Balaban J connectivity index is 1.38. The molecule has 2 aliphatic rings. The second kappa shape index (κ2) is 13.2. The van der Waals surface area contributed by atoms with E-state index in [-0.39, 0.29) is 28.8 Å². The maximum absolute atomic E-state index is 13.4. The first-order valence-corrected chi connectivity index (χ1v) is 15.2. The number of nitrogens with two attached hydrogens (primary N) is 1. The first-order valence-electron chi connectivity index (χ1n) is 13.4. The summed E-state index contributed by atoms with van der Waals surface area (Å²) in [5, 5.41) is 22.0. The summed E-state index contributed by atoms with van der Waals surface area (Å²) in [5.74, 6) is -0.253. The van der Waals surface area contributed by atoms with Crippen molar-refractivity contribution in [2.75, 3.05) is 37.3 Å². The second-order valence-corrected chi connectivity index (χ2v) is 11.9. The molecule has 5 rings (SSSR count). The van der Waals surface area contributed by atoms with Gasteiger partial charge in [-0.1, -0.05) is 35.2 Å². The van der Waals surface area contributed by atoms with Crippen LogP contribution >= 0.6 is 23.1 Å². The van der Waals surface area contributed by atoms with Crippen molar-refractivity contribution in [3.05, 3.63) is 76.3 Å². The van der Waals surface area contributed by atoms with Gasteiger partial charge >= 0.3 is 5.97 Å². The van der Waals surface area contributed by atoms with Crippen LogP contribution in [0.3, 0.4) is 0 Å². The molecule has 3 N–H and O–H groups in total. The third-order valence-corrected chi connectivity index (χ3v) is 9.20. The third kappa shape index (κ3) is 5.97. The van der Waals surface area contributed by atoms with Crippen LogP contribution in [0.25, 0.3) is 0 Å². The van der Waals surface area contributed by atoms with E-state index in [9.17, 15) is 19.6 Å². The molecule has 3 aromatic rings. The zero-order valence-electron chi connectivity index (χ0n) is 24.1. The summed E-state index contributed by atoms with van der Waals surface area (Å²) in [6.07, 6.45) is 1.51. The Morgan fingerprint density at radius 2 is 1.86 bits per heavy atom. The van der Waals surface area contributed by atoms with Crippen molar-refractivity contribution >= 4 is 51.6 Å². The second-order valence-electron chi connectivity index (χ2n) is 9.69. The van der Waals surface area contributed by atoms with Gasteiger partial charge < -0.3 is 25.3 Å². The molecule has 2 aromatic carbocycles. The number of anilines is 2. The minimum absolute atomic E-state index is 0.0633. The smallest absolute Gasteiger partial charge is 0.337 e. The van der Waals surface area contributed by atoms with E-state index in [1.165, 1.54) is 44.4 Å². The van der Waals surface area contributed by atoms with E-state index in [0.717, 1.165) is 0 Å². The van der Waals surface area contributed by atoms with Crippen LogP contribution in [0.1, 0.15) is 41.1 Å². The van der Waals surface area contributed by atoms with Crippen molar-refractivity contribution < 1.29 is 28.6 Å². The van der Waals surface area contributed by atoms with Gasteiger partial charge in [0, 0.05) is 29.4 Å². The van der Waals surface area contributed by atoms with Crippen LogP contribution in [0.15, 0.2) is 69.5 Å². The average molecular weight is 633 g/mol. The number of ether oxygens (including phenoxy) is 3. The summed E-state index contributed by atoms with van der Waals surface area (Å²) in [7, 11) is 4.35. The number of thioether (sulfide) groups is 1. The van der Waals surface area contributed by atoms with Crippen molar-refractivity contribution in [1.82, 2.24) is 10.2 Å². The minimum atomic E-state index is -0.687. The van der Waals surface area contributed by atoms with E-state index >= 15 is 0 Å². The van der Waals surface area contributed by atoms with Gasteiger partial charge in [0.15, 0.2) is 21.6 Å². The number of allylic oxidation sites excluding steroid dienone is 3. The molecule has 0 fully saturated rings. The molecule has 1 aromatic heterocycles. The molecular weight excluding hydrogens is 605 g/mol. The zero-order valence-corrected chi connectivity index (χ0v) is 25.7. The SMILES string of the molecule is COC(=O)c1ccc(C2C(C#N)=C(N)N(c3nnc(SCC(=O)Nc4ccc(OC)c(OC)c4)s3)C3=C2C(=O)CCC3)cc1. The molecular formula is C30H28N6O6S2. The molecule has 0 saturated carbocycles. The fraction of sp³-hybridized carbons (Fsp3) is 0.267. The lowest BCUT2D eigenvalue weighted by atomic mass is 9.75. The number of benzene rings is 2. The molecule has 1 aliphatic carbocycles. The normalized spacial score (nSPS) is 16.3. The van der Waals surface area contributed by atoms with Crippen molar-refractivity contribution in [2.45, 2.75) is 29.5 Å². The van der Waals surface area contributed by atoms with E-state index in [0.29, 0.717) is 68.3 Å². The Morgan fingerprint density at radius 1 is 1.11 bits per heavy atom. The van der Waals surface area contributed by atoms with Crippen LogP contribution in [0.4, 0.5) is 10.8 Å². The number of nitriles is 1. The standard InChI is InChI=1S/C30H28N6O6S2/c1-40-22-12-11-18(13-23(22)41-2)33-24(38)15-43-30-35-34-29(44-30)36-20-5-4-6-21(37)26(20)25(19(14-31)27(36)32)16-7-9-17(10-8-16)28(39)42-3/h7-13,25H,4-6,15,32H2,1-3H3,(H,33,38). The van der Waals surface area contributed by atoms with E-state index in [1.54, 1.807) is 47.4 Å². The molecule has 1 amide bonds. The van der Waals surface area contributed by atoms with Gasteiger partial charge in [0.2, 0.25) is 11.0 Å². The topological polar surface area (TPSA) is 170 Å². The Labute approximate surface area is 261 Å². The Morgan fingerprint density at radius 3 is 2.55 bits per heavy atom. The highest BCUT2D eigenvalue weighted by Crippen LogP contribution is 2.47. The van der Waals surface area contributed by atoms with Crippen molar-refractivity contribution in [1.29, 1.82) is 5.26 Å². The number of carbonyl (C=O) groups is 3. The maximum atomic E-state index is 13.4. The van der Waals surface area contributed by atoms with Crippen molar-refractivity contribution in [3.63, 3.8) is 0 Å². The molecule has 1 aliphatic heterocycles. The van der Waals surface area contributed by atoms with Crippen LogP contribution < -0.4 is 25.4 Å². The van der Waals surface area contributed by atoms with Crippen molar-refractivity contribution in [3.8, 4) is 17.6 Å². The summed E-state index contributed by atoms with van der Waals surface area (Å²) in [5.41, 5.74) is 9.53. The number of aromatic nitrogens is 2. The molecule has 226 valence electrons. The highest BCUT2D eigenvalue weighted by Gasteiger charge is 2.41. The van der Waals surface area contributed by atoms with E-state index < -0.39 is 11.9 Å². The first-order chi connectivity index (χ1) is 21.3. The lowest BCUT2D eigenvalue weighted by Gasteiger charge is -2.38. The van der Waals surface area contributed by atoms with E-state index in [1.807, 2.05) is 0 Å². The van der Waals surface area contributed by atoms with Gasteiger partial charge in [0.25, 0.3) is 0 Å². The Kier molecular flexibility index (Phi) is 9.17. The molecule has 2 heterocycles. The van der Waals surface area contributed by atoms with Crippen LogP contribution in [0, 0.1) is 11.3 Å². The quantitative estimate of drug-likeness (QED) is 0.253. The average Bonchev–Trinajstić information content (AvgIpc) is 3.51. The van der Waals surface area contributed by atoms with E-state index in [4.69, 9.17) is 19.9 Å². The van der Waals surface area contributed by atoms with E-state index in [2.05, 4.69) is 21.6 Å². The summed E-state index contributed by atoms with van der Waals surface area (Å²) >= 11 is 2.40. The number of methoxy groups -OCH3 is 3. The van der Waals surface area contributed by atoms with Crippen LogP contribution in [-0.4, -0.2) is 54.9 Å².